The maximum atomic E-state index is 13.3. The number of methoxy groups -OCH3 is 1. The summed E-state index contributed by atoms with van der Waals surface area (Å²) in [5, 5.41) is 8.85. The zero-order chi connectivity index (χ0) is 22.2. The number of ether oxygens (including phenoxy) is 3. The lowest BCUT2D eigenvalue weighted by atomic mass is 10.0. The van der Waals surface area contributed by atoms with Crippen LogP contribution in [0, 0.1) is 0 Å². The number of aliphatic hydroxyl groups excluding tert-OH is 1. The van der Waals surface area contributed by atoms with Gasteiger partial charge in [-0.3, -0.25) is 9.59 Å². The molecule has 2 aliphatic rings. The van der Waals surface area contributed by atoms with Gasteiger partial charge >= 0.3 is 6.09 Å². The number of rotatable bonds is 9. The van der Waals surface area contributed by atoms with Gasteiger partial charge in [0, 0.05) is 13.7 Å². The largest absolute Gasteiger partial charge is 0.479 e. The van der Waals surface area contributed by atoms with E-state index in [0.29, 0.717) is 12.2 Å². The fourth-order valence-electron chi connectivity index (χ4n) is 3.58. The molecule has 3 unspecified atom stereocenters. The number of hydrogen-bond donors (Lipinski definition) is 1. The molecule has 166 valence electrons. The Morgan fingerprint density at radius 3 is 2.71 bits per heavy atom. The summed E-state index contributed by atoms with van der Waals surface area (Å²) in [5.41, 5.74) is 0.746. The Kier molecular flexibility index (Phi) is 7.97. The van der Waals surface area contributed by atoms with Crippen LogP contribution in [0.15, 0.2) is 54.3 Å². The first-order valence-electron chi connectivity index (χ1n) is 10.3. The Morgan fingerprint density at radius 1 is 1.23 bits per heavy atom. The number of carbonyl (C=O) groups is 3. The number of ketones is 1. The molecule has 2 heterocycles. The summed E-state index contributed by atoms with van der Waals surface area (Å²) >= 11 is 0. The zero-order valence-electron chi connectivity index (χ0n) is 17.4. The predicted octanol–water partition coefficient (Wildman–Crippen LogP) is 2.68. The summed E-state index contributed by atoms with van der Waals surface area (Å²) in [6.07, 6.45) is 4.65. The number of hydrogen-bond acceptors (Lipinski definition) is 7. The fourth-order valence-corrected chi connectivity index (χ4v) is 3.58. The quantitative estimate of drug-likeness (QED) is 0.602. The maximum Gasteiger partial charge on any atom is 0.417 e. The van der Waals surface area contributed by atoms with Crippen molar-refractivity contribution < 1.29 is 33.7 Å². The van der Waals surface area contributed by atoms with Gasteiger partial charge in [0.2, 0.25) is 0 Å². The average molecular weight is 429 g/mol. The highest BCUT2D eigenvalue weighted by Crippen LogP contribution is 2.30. The summed E-state index contributed by atoms with van der Waals surface area (Å²) in [6.45, 7) is 0.188. The van der Waals surface area contributed by atoms with Gasteiger partial charge < -0.3 is 19.3 Å². The van der Waals surface area contributed by atoms with Gasteiger partial charge in [0.05, 0.1) is 0 Å². The van der Waals surface area contributed by atoms with Gasteiger partial charge in [-0.2, -0.15) is 0 Å². The molecule has 8 heteroatoms. The third-order valence-electron chi connectivity index (χ3n) is 5.23. The van der Waals surface area contributed by atoms with Crippen LogP contribution in [0.5, 0.6) is 0 Å². The molecule has 1 aromatic rings. The topological polar surface area (TPSA) is 102 Å². The van der Waals surface area contributed by atoms with E-state index in [0.717, 1.165) is 29.7 Å². The number of carbonyl (C=O) groups excluding carboxylic acids is 3. The van der Waals surface area contributed by atoms with Crippen LogP contribution in [-0.4, -0.2) is 60.3 Å². The van der Waals surface area contributed by atoms with E-state index in [-0.39, 0.29) is 13.2 Å². The lowest BCUT2D eigenvalue weighted by Gasteiger charge is -2.30. The second-order valence-electron chi connectivity index (χ2n) is 7.32. The van der Waals surface area contributed by atoms with Gasteiger partial charge in [-0.1, -0.05) is 36.8 Å². The molecule has 2 amide bonds. The normalized spacial score (nSPS) is 23.0. The number of imide groups is 1. The summed E-state index contributed by atoms with van der Waals surface area (Å²) in [6, 6.07) is 8.46. The van der Waals surface area contributed by atoms with Crippen molar-refractivity contribution in [2.24, 2.45) is 0 Å². The van der Waals surface area contributed by atoms with E-state index in [1.165, 1.54) is 13.2 Å². The van der Waals surface area contributed by atoms with E-state index in [9.17, 15) is 14.4 Å². The van der Waals surface area contributed by atoms with E-state index in [1.807, 2.05) is 24.3 Å². The van der Waals surface area contributed by atoms with E-state index in [4.69, 9.17) is 19.3 Å². The number of nitrogens with zero attached hydrogens (tertiary/aromatic N) is 1. The van der Waals surface area contributed by atoms with Crippen LogP contribution < -0.4 is 0 Å². The minimum absolute atomic E-state index is 0.0311. The van der Waals surface area contributed by atoms with E-state index >= 15 is 0 Å². The van der Waals surface area contributed by atoms with Gasteiger partial charge in [0.1, 0.15) is 18.4 Å². The SMILES string of the molecule is COC(C(=O)N1C(=O)OCC1c1ccccc1)C1OC(=CCCCCCO)C=CC1=O. The zero-order valence-corrected chi connectivity index (χ0v) is 17.4. The number of cyclic esters (lactones) is 1. The van der Waals surface area contributed by atoms with Crippen molar-refractivity contribution in [3.63, 3.8) is 0 Å². The Balaban J connectivity index is 1.74. The molecule has 0 bridgehead atoms. The van der Waals surface area contributed by atoms with Crippen molar-refractivity contribution in [1.82, 2.24) is 4.90 Å². The van der Waals surface area contributed by atoms with Crippen LogP contribution in [0.4, 0.5) is 4.79 Å². The lowest BCUT2D eigenvalue weighted by Crippen LogP contribution is -2.51. The van der Waals surface area contributed by atoms with Gasteiger partial charge in [-0.05, 0) is 43.1 Å². The Bertz CT molecular complexity index is 849. The molecular formula is C23H27NO7. The molecule has 0 aliphatic carbocycles. The second-order valence-corrected chi connectivity index (χ2v) is 7.32. The summed E-state index contributed by atoms with van der Waals surface area (Å²) < 4.78 is 16.2. The summed E-state index contributed by atoms with van der Waals surface area (Å²) in [5.74, 6) is -0.636. The van der Waals surface area contributed by atoms with Crippen molar-refractivity contribution in [3.05, 3.63) is 59.9 Å². The molecule has 8 nitrogen and oxygen atoms in total. The number of unbranched alkanes of at least 4 members (excludes halogenated alkanes) is 3. The van der Waals surface area contributed by atoms with Crippen molar-refractivity contribution >= 4 is 17.8 Å². The summed E-state index contributed by atoms with van der Waals surface area (Å²) in [4.78, 5) is 39.1. The molecule has 31 heavy (non-hydrogen) atoms. The van der Waals surface area contributed by atoms with Crippen LogP contribution in [0.25, 0.3) is 0 Å². The van der Waals surface area contributed by atoms with Crippen molar-refractivity contribution in [2.45, 2.75) is 43.9 Å². The standard InChI is InChI=1S/C23H27NO7/c1-29-21(20-19(26)13-12-17(31-20)11-7-2-3-8-14-25)22(27)24-18(15-30-23(24)28)16-9-5-4-6-10-16/h4-6,9-13,18,20-21,25H,2-3,7-8,14-15H2,1H3. The molecule has 2 aliphatic heterocycles. The monoisotopic (exact) mass is 429 g/mol. The Morgan fingerprint density at radius 2 is 2.00 bits per heavy atom. The second kappa shape index (κ2) is 10.9. The van der Waals surface area contributed by atoms with E-state index < -0.39 is 36.0 Å². The van der Waals surface area contributed by atoms with Gasteiger partial charge in [0.25, 0.3) is 5.91 Å². The molecule has 1 aromatic carbocycles. The minimum Gasteiger partial charge on any atom is -0.479 e. The highest BCUT2D eigenvalue weighted by molar-refractivity contribution is 6.03. The smallest absolute Gasteiger partial charge is 0.417 e. The summed E-state index contributed by atoms with van der Waals surface area (Å²) in [7, 11) is 1.30. The van der Waals surface area contributed by atoms with Crippen LogP contribution in [0.3, 0.4) is 0 Å². The third kappa shape index (κ3) is 5.39. The van der Waals surface area contributed by atoms with Crippen molar-refractivity contribution in [1.29, 1.82) is 0 Å². The molecule has 1 N–H and O–H groups in total. The van der Waals surface area contributed by atoms with Crippen LogP contribution in [0.1, 0.15) is 37.3 Å². The Hall–Kier alpha value is -2.97. The molecule has 1 fully saturated rings. The van der Waals surface area contributed by atoms with Crippen LogP contribution in [-0.2, 0) is 23.8 Å². The van der Waals surface area contributed by atoms with Crippen LogP contribution in [0.2, 0.25) is 0 Å². The highest BCUT2D eigenvalue weighted by atomic mass is 16.6. The molecule has 0 saturated carbocycles. The van der Waals surface area contributed by atoms with E-state index in [1.54, 1.807) is 18.2 Å². The first-order chi connectivity index (χ1) is 15.1. The Labute approximate surface area is 181 Å². The van der Waals surface area contributed by atoms with Gasteiger partial charge in [0.15, 0.2) is 18.0 Å². The van der Waals surface area contributed by atoms with Crippen LogP contribution >= 0.6 is 0 Å². The first-order valence-corrected chi connectivity index (χ1v) is 10.3. The number of allylic oxidation sites excluding steroid dienone is 2. The number of benzene rings is 1. The van der Waals surface area contributed by atoms with Gasteiger partial charge in [-0.15, -0.1) is 0 Å². The third-order valence-corrected chi connectivity index (χ3v) is 5.23. The average Bonchev–Trinajstić information content (AvgIpc) is 3.18. The van der Waals surface area contributed by atoms with E-state index in [2.05, 4.69) is 0 Å². The first kappa shape index (κ1) is 22.7. The molecule has 0 radical (unpaired) electrons. The molecule has 1 saturated heterocycles. The van der Waals surface area contributed by atoms with Gasteiger partial charge in [-0.25, -0.2) is 9.69 Å². The lowest BCUT2D eigenvalue weighted by molar-refractivity contribution is -0.153. The number of aliphatic hydroxyl groups is 1. The highest BCUT2D eigenvalue weighted by Gasteiger charge is 2.46. The molecule has 0 aromatic heterocycles. The molecule has 3 atom stereocenters. The van der Waals surface area contributed by atoms with Crippen molar-refractivity contribution in [3.8, 4) is 0 Å². The molecular weight excluding hydrogens is 402 g/mol. The molecule has 0 spiro atoms. The fraction of sp³-hybridized carbons (Fsp3) is 0.435. The number of amides is 2. The molecule has 3 rings (SSSR count). The maximum absolute atomic E-state index is 13.3. The minimum atomic E-state index is -1.30. The predicted molar refractivity (Wildman–Crippen MR) is 111 cm³/mol. The van der Waals surface area contributed by atoms with Crippen molar-refractivity contribution in [2.75, 3.05) is 20.3 Å².